The fraction of sp³-hybridized carbons (Fsp3) is 0.714. The first-order valence-corrected chi connectivity index (χ1v) is 9.02. The van der Waals surface area contributed by atoms with Crippen molar-refractivity contribution in [2.45, 2.75) is 45.4 Å². The summed E-state index contributed by atoms with van der Waals surface area (Å²) in [5, 5.41) is 4.23. The summed E-state index contributed by atoms with van der Waals surface area (Å²) in [7, 11) is -1.94. The molecule has 0 unspecified atom stereocenters. The van der Waals surface area contributed by atoms with Crippen LogP contribution in [0.1, 0.15) is 61.6 Å². The molecule has 1 amide bonds. The van der Waals surface area contributed by atoms with Gasteiger partial charge in [0.15, 0.2) is 0 Å². The zero-order chi connectivity index (χ0) is 15.6. The fourth-order valence-electron chi connectivity index (χ4n) is 2.71. The molecule has 0 spiro atoms. The van der Waals surface area contributed by atoms with E-state index in [1.165, 1.54) is 4.68 Å². The van der Waals surface area contributed by atoms with E-state index in [9.17, 15) is 13.2 Å². The van der Waals surface area contributed by atoms with Gasteiger partial charge in [0.25, 0.3) is 5.91 Å². The van der Waals surface area contributed by atoms with Crippen LogP contribution in [-0.2, 0) is 17.1 Å². The molecule has 2 rings (SSSR count). The minimum absolute atomic E-state index is 0.0353. The van der Waals surface area contributed by atoms with E-state index >= 15 is 0 Å². The van der Waals surface area contributed by atoms with E-state index in [0.717, 1.165) is 31.4 Å². The third-order valence-corrected chi connectivity index (χ3v) is 5.31. The third-order valence-electron chi connectivity index (χ3n) is 3.90. The summed E-state index contributed by atoms with van der Waals surface area (Å²) in [6.45, 7) is 3.95. The molecule has 0 aromatic carbocycles. The SMILES string of the molecule is CC(C)c1cc(C(=O)NS(=O)(=O)CC2CCCC2)n(C)n1. The summed E-state index contributed by atoms with van der Waals surface area (Å²) < 4.78 is 27.7. The Morgan fingerprint density at radius 2 is 2.05 bits per heavy atom. The molecule has 0 atom stereocenters. The van der Waals surface area contributed by atoms with Crippen molar-refractivity contribution < 1.29 is 13.2 Å². The second-order valence-corrected chi connectivity index (χ2v) is 7.86. The van der Waals surface area contributed by atoms with Crippen LogP contribution in [0.3, 0.4) is 0 Å². The highest BCUT2D eigenvalue weighted by molar-refractivity contribution is 7.90. The maximum Gasteiger partial charge on any atom is 0.282 e. The second-order valence-electron chi connectivity index (χ2n) is 6.10. The Morgan fingerprint density at radius 1 is 1.43 bits per heavy atom. The van der Waals surface area contributed by atoms with Gasteiger partial charge in [0.1, 0.15) is 5.69 Å². The van der Waals surface area contributed by atoms with E-state index < -0.39 is 15.9 Å². The second kappa shape index (κ2) is 6.17. The Bertz CT molecular complexity index is 613. The zero-order valence-electron chi connectivity index (χ0n) is 12.8. The summed E-state index contributed by atoms with van der Waals surface area (Å²) in [5.41, 5.74) is 1.05. The molecule has 21 heavy (non-hydrogen) atoms. The molecule has 1 aromatic heterocycles. The van der Waals surface area contributed by atoms with Gasteiger partial charge >= 0.3 is 0 Å². The minimum atomic E-state index is -3.58. The quantitative estimate of drug-likeness (QED) is 0.898. The number of aryl methyl sites for hydroxylation is 1. The van der Waals surface area contributed by atoms with Crippen LogP contribution in [0.15, 0.2) is 6.07 Å². The Kier molecular flexibility index (Phi) is 4.70. The van der Waals surface area contributed by atoms with Crippen molar-refractivity contribution in [1.29, 1.82) is 0 Å². The van der Waals surface area contributed by atoms with Crippen LogP contribution in [0.2, 0.25) is 0 Å². The Hall–Kier alpha value is -1.37. The van der Waals surface area contributed by atoms with Crippen LogP contribution < -0.4 is 4.72 Å². The van der Waals surface area contributed by atoms with Crippen molar-refractivity contribution in [3.8, 4) is 0 Å². The normalized spacial score (nSPS) is 16.6. The number of sulfonamides is 1. The van der Waals surface area contributed by atoms with Crippen LogP contribution >= 0.6 is 0 Å². The fourth-order valence-corrected chi connectivity index (χ4v) is 4.13. The first kappa shape index (κ1) is 16.0. The third kappa shape index (κ3) is 4.06. The van der Waals surface area contributed by atoms with E-state index in [1.807, 2.05) is 13.8 Å². The zero-order valence-corrected chi connectivity index (χ0v) is 13.6. The lowest BCUT2D eigenvalue weighted by Gasteiger charge is -2.11. The number of hydrogen-bond acceptors (Lipinski definition) is 4. The van der Waals surface area contributed by atoms with Crippen molar-refractivity contribution in [2.24, 2.45) is 13.0 Å². The number of hydrogen-bond donors (Lipinski definition) is 1. The average molecular weight is 313 g/mol. The molecule has 0 saturated heterocycles. The lowest BCUT2D eigenvalue weighted by Crippen LogP contribution is -2.35. The molecule has 1 aliphatic carbocycles. The molecule has 1 saturated carbocycles. The summed E-state index contributed by atoms with van der Waals surface area (Å²) in [5.74, 6) is -0.205. The molecule has 7 heteroatoms. The van der Waals surface area contributed by atoms with Crippen molar-refractivity contribution in [3.05, 3.63) is 17.5 Å². The lowest BCUT2D eigenvalue weighted by atomic mass is 10.1. The highest BCUT2D eigenvalue weighted by Crippen LogP contribution is 2.25. The molecule has 1 N–H and O–H groups in total. The molecular formula is C14H23N3O3S. The predicted molar refractivity (Wildman–Crippen MR) is 80.5 cm³/mol. The molecule has 1 heterocycles. The average Bonchev–Trinajstić information content (AvgIpc) is 2.97. The summed E-state index contributed by atoms with van der Waals surface area (Å²) in [6.07, 6.45) is 4.01. The Balaban J connectivity index is 2.06. The maximum absolute atomic E-state index is 12.1. The van der Waals surface area contributed by atoms with Crippen LogP contribution in [-0.4, -0.2) is 29.9 Å². The first-order valence-electron chi connectivity index (χ1n) is 7.37. The van der Waals surface area contributed by atoms with E-state index in [4.69, 9.17) is 0 Å². The van der Waals surface area contributed by atoms with Gasteiger partial charge in [-0.25, -0.2) is 13.1 Å². The molecule has 0 aliphatic heterocycles. The number of aromatic nitrogens is 2. The summed E-state index contributed by atoms with van der Waals surface area (Å²) in [6, 6.07) is 1.64. The number of nitrogens with zero attached hydrogens (tertiary/aromatic N) is 2. The molecule has 1 fully saturated rings. The van der Waals surface area contributed by atoms with Gasteiger partial charge in [-0.1, -0.05) is 26.7 Å². The van der Waals surface area contributed by atoms with Crippen molar-refractivity contribution in [2.75, 3.05) is 5.75 Å². The minimum Gasteiger partial charge on any atom is -0.266 e. The number of carbonyl (C=O) groups excluding carboxylic acids is 1. The van der Waals surface area contributed by atoms with Crippen molar-refractivity contribution in [1.82, 2.24) is 14.5 Å². The van der Waals surface area contributed by atoms with E-state index in [-0.39, 0.29) is 23.3 Å². The topological polar surface area (TPSA) is 81.1 Å². The summed E-state index contributed by atoms with van der Waals surface area (Å²) in [4.78, 5) is 12.1. The standard InChI is InChI=1S/C14H23N3O3S/c1-10(2)12-8-13(17(3)15-12)14(18)16-21(19,20)9-11-6-4-5-7-11/h8,10-11H,4-7,9H2,1-3H3,(H,16,18). The van der Waals surface area contributed by atoms with Gasteiger partial charge in [-0.05, 0) is 30.7 Å². The van der Waals surface area contributed by atoms with Gasteiger partial charge in [-0.15, -0.1) is 0 Å². The van der Waals surface area contributed by atoms with Gasteiger partial charge < -0.3 is 0 Å². The number of rotatable bonds is 5. The molecular weight excluding hydrogens is 290 g/mol. The maximum atomic E-state index is 12.1. The molecule has 1 aliphatic rings. The van der Waals surface area contributed by atoms with Gasteiger partial charge in [-0.3, -0.25) is 9.48 Å². The molecule has 1 aromatic rings. The Labute approximate surface area is 126 Å². The monoisotopic (exact) mass is 313 g/mol. The molecule has 6 nitrogen and oxygen atoms in total. The summed E-state index contributed by atoms with van der Waals surface area (Å²) >= 11 is 0. The highest BCUT2D eigenvalue weighted by Gasteiger charge is 2.25. The van der Waals surface area contributed by atoms with Crippen molar-refractivity contribution >= 4 is 15.9 Å². The predicted octanol–water partition coefficient (Wildman–Crippen LogP) is 1.79. The van der Waals surface area contributed by atoms with Gasteiger partial charge in [-0.2, -0.15) is 5.10 Å². The van der Waals surface area contributed by atoms with Crippen LogP contribution in [0.5, 0.6) is 0 Å². The first-order chi connectivity index (χ1) is 9.78. The molecule has 0 bridgehead atoms. The van der Waals surface area contributed by atoms with Crippen LogP contribution in [0, 0.1) is 5.92 Å². The molecule has 0 radical (unpaired) electrons. The van der Waals surface area contributed by atoms with E-state index in [2.05, 4.69) is 9.82 Å². The number of amides is 1. The van der Waals surface area contributed by atoms with Gasteiger partial charge in [0.05, 0.1) is 11.4 Å². The van der Waals surface area contributed by atoms with Crippen molar-refractivity contribution in [3.63, 3.8) is 0 Å². The van der Waals surface area contributed by atoms with E-state index in [0.29, 0.717) is 0 Å². The number of carbonyl (C=O) groups is 1. The Morgan fingerprint density at radius 3 is 2.57 bits per heavy atom. The van der Waals surface area contributed by atoms with Crippen LogP contribution in [0.4, 0.5) is 0 Å². The van der Waals surface area contributed by atoms with Gasteiger partial charge in [0.2, 0.25) is 10.0 Å². The lowest BCUT2D eigenvalue weighted by molar-refractivity contribution is 0.0972. The highest BCUT2D eigenvalue weighted by atomic mass is 32.2. The van der Waals surface area contributed by atoms with Gasteiger partial charge in [0, 0.05) is 7.05 Å². The number of nitrogens with one attached hydrogen (secondary N) is 1. The van der Waals surface area contributed by atoms with Crippen LogP contribution in [0.25, 0.3) is 0 Å². The smallest absolute Gasteiger partial charge is 0.266 e. The molecule has 118 valence electrons. The largest absolute Gasteiger partial charge is 0.282 e. The van der Waals surface area contributed by atoms with E-state index in [1.54, 1.807) is 13.1 Å².